The molecule has 1 aromatic rings. The highest BCUT2D eigenvalue weighted by Gasteiger charge is 2.23. The highest BCUT2D eigenvalue weighted by Crippen LogP contribution is 2.18. The van der Waals surface area contributed by atoms with E-state index in [4.69, 9.17) is 10.5 Å². The average molecular weight is 224 g/mol. The minimum atomic E-state index is -0.573. The minimum Gasteiger partial charge on any atom is -0.398 e. The van der Waals surface area contributed by atoms with Gasteiger partial charge in [-0.15, -0.1) is 0 Å². The number of anilines is 1. The molecule has 0 aromatic heterocycles. The normalized spacial score (nSPS) is 16.2. The largest absolute Gasteiger partial charge is 0.398 e. The molecule has 0 atom stereocenters. The Balaban J connectivity index is 2.26. The van der Waals surface area contributed by atoms with Crippen molar-refractivity contribution in [1.82, 2.24) is 4.90 Å². The molecule has 0 spiro atoms. The molecule has 1 amide bonds. The molecule has 5 heteroatoms. The van der Waals surface area contributed by atoms with Crippen LogP contribution in [0.2, 0.25) is 0 Å². The number of ether oxygens (including phenoxy) is 1. The summed E-state index contributed by atoms with van der Waals surface area (Å²) in [6.07, 6.45) is 0. The van der Waals surface area contributed by atoms with Crippen molar-refractivity contribution in [2.45, 2.75) is 0 Å². The smallest absolute Gasteiger partial charge is 0.259 e. The highest BCUT2D eigenvalue weighted by atomic mass is 19.1. The molecule has 1 fully saturated rings. The average Bonchev–Trinajstić information content (AvgIpc) is 2.30. The van der Waals surface area contributed by atoms with E-state index < -0.39 is 5.82 Å². The Hall–Kier alpha value is -1.62. The van der Waals surface area contributed by atoms with Gasteiger partial charge in [0.2, 0.25) is 0 Å². The van der Waals surface area contributed by atoms with E-state index in [0.717, 1.165) is 0 Å². The van der Waals surface area contributed by atoms with Gasteiger partial charge in [0, 0.05) is 18.8 Å². The van der Waals surface area contributed by atoms with E-state index in [9.17, 15) is 9.18 Å². The van der Waals surface area contributed by atoms with Crippen molar-refractivity contribution in [3.8, 4) is 0 Å². The lowest BCUT2D eigenvalue weighted by atomic mass is 10.1. The standard InChI is InChI=1S/C11H13FN2O2/c12-8-2-1-3-9(13)10(8)11(15)14-4-6-16-7-5-14/h1-3H,4-7,13H2. The molecular formula is C11H13FN2O2. The number of nitrogen functional groups attached to an aromatic ring is 1. The van der Waals surface area contributed by atoms with Crippen molar-refractivity contribution in [3.63, 3.8) is 0 Å². The van der Waals surface area contributed by atoms with Gasteiger partial charge in [-0.05, 0) is 12.1 Å². The van der Waals surface area contributed by atoms with Crippen molar-refractivity contribution in [3.05, 3.63) is 29.6 Å². The van der Waals surface area contributed by atoms with Crippen LogP contribution >= 0.6 is 0 Å². The minimum absolute atomic E-state index is 0.0376. The number of halogens is 1. The molecule has 1 aliphatic heterocycles. The van der Waals surface area contributed by atoms with Crippen molar-refractivity contribution in [1.29, 1.82) is 0 Å². The third kappa shape index (κ3) is 1.99. The van der Waals surface area contributed by atoms with Gasteiger partial charge < -0.3 is 15.4 Å². The molecule has 0 unspecified atom stereocenters. The van der Waals surface area contributed by atoms with E-state index in [2.05, 4.69) is 0 Å². The number of nitrogens with zero attached hydrogens (tertiary/aromatic N) is 1. The zero-order valence-corrected chi connectivity index (χ0v) is 8.78. The predicted octanol–water partition coefficient (Wildman–Crippen LogP) is 0.880. The number of carbonyl (C=O) groups excluding carboxylic acids is 1. The van der Waals surface area contributed by atoms with Crippen molar-refractivity contribution in [2.75, 3.05) is 32.0 Å². The second-order valence-electron chi connectivity index (χ2n) is 3.61. The number of benzene rings is 1. The molecule has 86 valence electrons. The molecule has 16 heavy (non-hydrogen) atoms. The molecule has 0 radical (unpaired) electrons. The van der Waals surface area contributed by atoms with Gasteiger partial charge in [0.15, 0.2) is 0 Å². The van der Waals surface area contributed by atoms with Crippen LogP contribution in [0.3, 0.4) is 0 Å². The van der Waals surface area contributed by atoms with Gasteiger partial charge in [-0.1, -0.05) is 6.07 Å². The summed E-state index contributed by atoms with van der Waals surface area (Å²) in [7, 11) is 0. The van der Waals surface area contributed by atoms with E-state index in [1.807, 2.05) is 0 Å². The molecule has 1 aliphatic rings. The van der Waals surface area contributed by atoms with Crippen LogP contribution < -0.4 is 5.73 Å². The monoisotopic (exact) mass is 224 g/mol. The second kappa shape index (κ2) is 4.49. The topological polar surface area (TPSA) is 55.6 Å². The van der Waals surface area contributed by atoms with Crippen LogP contribution in [0.5, 0.6) is 0 Å². The molecule has 1 saturated heterocycles. The molecule has 1 aromatic carbocycles. The number of hydrogen-bond donors (Lipinski definition) is 1. The first kappa shape index (κ1) is 10.9. The zero-order valence-electron chi connectivity index (χ0n) is 8.78. The first-order valence-electron chi connectivity index (χ1n) is 5.11. The summed E-state index contributed by atoms with van der Waals surface area (Å²) in [6.45, 7) is 1.93. The van der Waals surface area contributed by atoms with Crippen LogP contribution in [0.15, 0.2) is 18.2 Å². The van der Waals surface area contributed by atoms with Crippen molar-refractivity contribution < 1.29 is 13.9 Å². The zero-order chi connectivity index (χ0) is 11.5. The molecule has 1 heterocycles. The Kier molecular flexibility index (Phi) is 3.05. The van der Waals surface area contributed by atoms with E-state index >= 15 is 0 Å². The van der Waals surface area contributed by atoms with E-state index in [1.165, 1.54) is 18.2 Å². The highest BCUT2D eigenvalue weighted by molar-refractivity contribution is 5.99. The summed E-state index contributed by atoms with van der Waals surface area (Å²) < 4.78 is 18.6. The molecule has 4 nitrogen and oxygen atoms in total. The van der Waals surface area contributed by atoms with E-state index in [0.29, 0.717) is 26.3 Å². The van der Waals surface area contributed by atoms with Gasteiger partial charge in [0.05, 0.1) is 18.8 Å². The molecular weight excluding hydrogens is 211 g/mol. The molecule has 0 aliphatic carbocycles. The number of nitrogens with two attached hydrogens (primary N) is 1. The van der Waals surface area contributed by atoms with E-state index in [-0.39, 0.29) is 17.2 Å². The molecule has 0 bridgehead atoms. The molecule has 2 N–H and O–H groups in total. The fourth-order valence-electron chi connectivity index (χ4n) is 1.69. The second-order valence-corrected chi connectivity index (χ2v) is 3.61. The number of morpholine rings is 1. The maximum Gasteiger partial charge on any atom is 0.259 e. The van der Waals surface area contributed by atoms with Crippen LogP contribution in [0.25, 0.3) is 0 Å². The Morgan fingerprint density at radius 1 is 1.38 bits per heavy atom. The van der Waals surface area contributed by atoms with Crippen LogP contribution in [0.4, 0.5) is 10.1 Å². The summed E-state index contributed by atoms with van der Waals surface area (Å²) >= 11 is 0. The van der Waals surface area contributed by atoms with Gasteiger partial charge in [0.25, 0.3) is 5.91 Å². The lowest BCUT2D eigenvalue weighted by molar-refractivity contribution is 0.0300. The predicted molar refractivity (Wildman–Crippen MR) is 57.5 cm³/mol. The van der Waals surface area contributed by atoms with Crippen LogP contribution in [-0.2, 0) is 4.74 Å². The summed E-state index contributed by atoms with van der Waals surface area (Å²) in [5.74, 6) is -0.935. The summed E-state index contributed by atoms with van der Waals surface area (Å²) in [4.78, 5) is 13.5. The first-order valence-corrected chi connectivity index (χ1v) is 5.11. The summed E-state index contributed by atoms with van der Waals surface area (Å²) in [6, 6.07) is 4.25. The fourth-order valence-corrected chi connectivity index (χ4v) is 1.69. The van der Waals surface area contributed by atoms with Crippen LogP contribution in [0.1, 0.15) is 10.4 Å². The third-order valence-electron chi connectivity index (χ3n) is 2.56. The Labute approximate surface area is 92.8 Å². The van der Waals surface area contributed by atoms with E-state index in [1.54, 1.807) is 4.90 Å². The third-order valence-corrected chi connectivity index (χ3v) is 2.56. The number of amides is 1. The van der Waals surface area contributed by atoms with Crippen molar-refractivity contribution >= 4 is 11.6 Å². The number of hydrogen-bond acceptors (Lipinski definition) is 3. The Bertz CT molecular complexity index is 383. The summed E-state index contributed by atoms with van der Waals surface area (Å²) in [5, 5.41) is 0. The summed E-state index contributed by atoms with van der Waals surface area (Å²) in [5.41, 5.74) is 5.75. The molecule has 2 rings (SSSR count). The lowest BCUT2D eigenvalue weighted by Gasteiger charge is -2.27. The first-order chi connectivity index (χ1) is 7.70. The maximum absolute atomic E-state index is 13.5. The maximum atomic E-state index is 13.5. The van der Waals surface area contributed by atoms with Gasteiger partial charge in [-0.3, -0.25) is 4.79 Å². The van der Waals surface area contributed by atoms with Gasteiger partial charge in [0.1, 0.15) is 5.82 Å². The number of rotatable bonds is 1. The Morgan fingerprint density at radius 2 is 2.06 bits per heavy atom. The molecule has 0 saturated carbocycles. The fraction of sp³-hybridized carbons (Fsp3) is 0.364. The van der Waals surface area contributed by atoms with Gasteiger partial charge in [-0.25, -0.2) is 4.39 Å². The Morgan fingerprint density at radius 3 is 2.69 bits per heavy atom. The quantitative estimate of drug-likeness (QED) is 0.720. The SMILES string of the molecule is Nc1cccc(F)c1C(=O)N1CCOCC1. The van der Waals surface area contributed by atoms with Crippen LogP contribution in [0, 0.1) is 5.82 Å². The van der Waals surface area contributed by atoms with Crippen molar-refractivity contribution in [2.24, 2.45) is 0 Å². The van der Waals surface area contributed by atoms with Gasteiger partial charge >= 0.3 is 0 Å². The lowest BCUT2D eigenvalue weighted by Crippen LogP contribution is -2.41. The van der Waals surface area contributed by atoms with Crippen LogP contribution in [-0.4, -0.2) is 37.1 Å². The van der Waals surface area contributed by atoms with Gasteiger partial charge in [-0.2, -0.15) is 0 Å². The number of carbonyl (C=O) groups is 1.